The van der Waals surface area contributed by atoms with Crippen LogP contribution in [0.1, 0.15) is 20.7 Å². The first-order chi connectivity index (χ1) is 13.7. The number of pyridine rings is 1. The van der Waals surface area contributed by atoms with Gasteiger partial charge in [-0.3, -0.25) is 9.78 Å². The Balaban J connectivity index is 1.48. The molecule has 4 aromatic rings. The predicted octanol–water partition coefficient (Wildman–Crippen LogP) is 4.39. The number of nitrogens with zero attached hydrogens (tertiary/aromatic N) is 1. The normalized spacial score (nSPS) is 10.6. The van der Waals surface area contributed by atoms with E-state index in [1.807, 2.05) is 24.3 Å². The van der Waals surface area contributed by atoms with Crippen molar-refractivity contribution in [2.45, 2.75) is 0 Å². The Morgan fingerprint density at radius 1 is 0.929 bits per heavy atom. The van der Waals surface area contributed by atoms with Crippen molar-refractivity contribution >= 4 is 22.7 Å². The molecule has 0 unspecified atom stereocenters. The molecule has 0 bridgehead atoms. The van der Waals surface area contributed by atoms with Crippen molar-refractivity contribution < 1.29 is 19.1 Å². The zero-order valence-corrected chi connectivity index (χ0v) is 14.8. The monoisotopic (exact) mass is 372 g/mol. The zero-order valence-electron chi connectivity index (χ0n) is 14.8. The lowest BCUT2D eigenvalue weighted by Crippen LogP contribution is -2.14. The summed E-state index contributed by atoms with van der Waals surface area (Å²) in [5.74, 6) is -0.0817. The van der Waals surface area contributed by atoms with Crippen LogP contribution < -0.4 is 4.74 Å². The highest BCUT2D eigenvalue weighted by molar-refractivity contribution is 6.09. The molecule has 4 rings (SSSR count). The van der Waals surface area contributed by atoms with Gasteiger partial charge in [0.05, 0.1) is 6.20 Å². The molecule has 2 heterocycles. The standard InChI is InChI=1S/C22H16N2O4/c25-20(18-13-24-19-9-3-1-7-16(18)19)14-27-22(26)17-8-2-4-10-21(17)28-15-6-5-11-23-12-15/h1-13,24H,14H2. The van der Waals surface area contributed by atoms with Crippen LogP contribution in [0.15, 0.2) is 79.3 Å². The molecule has 0 amide bonds. The summed E-state index contributed by atoms with van der Waals surface area (Å²) in [6, 6.07) is 17.6. The minimum atomic E-state index is -0.632. The second kappa shape index (κ2) is 7.75. The van der Waals surface area contributed by atoms with Crippen molar-refractivity contribution in [1.29, 1.82) is 0 Å². The zero-order chi connectivity index (χ0) is 19.3. The van der Waals surface area contributed by atoms with Crippen molar-refractivity contribution in [3.05, 3.63) is 90.4 Å². The summed E-state index contributed by atoms with van der Waals surface area (Å²) >= 11 is 0. The topological polar surface area (TPSA) is 81.3 Å². The van der Waals surface area contributed by atoms with Crippen LogP contribution in [-0.4, -0.2) is 28.3 Å². The minimum Gasteiger partial charge on any atom is -0.455 e. The second-order valence-corrected chi connectivity index (χ2v) is 6.03. The summed E-state index contributed by atoms with van der Waals surface area (Å²) in [6.07, 6.45) is 4.80. The summed E-state index contributed by atoms with van der Waals surface area (Å²) in [6.45, 7) is -0.359. The molecular formula is C22H16N2O4. The number of ether oxygens (including phenoxy) is 2. The van der Waals surface area contributed by atoms with Crippen LogP contribution in [0.4, 0.5) is 0 Å². The number of para-hydroxylation sites is 2. The number of rotatable bonds is 6. The van der Waals surface area contributed by atoms with E-state index in [0.29, 0.717) is 17.1 Å². The predicted molar refractivity (Wildman–Crippen MR) is 104 cm³/mol. The molecule has 2 aromatic carbocycles. The molecule has 0 fully saturated rings. The minimum absolute atomic E-state index is 0.234. The molecule has 0 saturated heterocycles. The molecule has 1 N–H and O–H groups in total. The van der Waals surface area contributed by atoms with E-state index in [9.17, 15) is 9.59 Å². The molecule has 6 nitrogen and oxygen atoms in total. The Hall–Kier alpha value is -3.93. The fourth-order valence-electron chi connectivity index (χ4n) is 2.85. The number of aromatic nitrogens is 2. The maximum atomic E-state index is 12.5. The van der Waals surface area contributed by atoms with E-state index in [-0.39, 0.29) is 18.0 Å². The van der Waals surface area contributed by atoms with Gasteiger partial charge in [0.1, 0.15) is 17.1 Å². The molecule has 6 heteroatoms. The van der Waals surface area contributed by atoms with Gasteiger partial charge in [-0.2, -0.15) is 0 Å². The first kappa shape index (κ1) is 17.5. The maximum Gasteiger partial charge on any atom is 0.342 e. The molecule has 0 spiro atoms. The van der Waals surface area contributed by atoms with Crippen molar-refractivity contribution in [3.8, 4) is 11.5 Å². The van der Waals surface area contributed by atoms with E-state index >= 15 is 0 Å². The van der Waals surface area contributed by atoms with Gasteiger partial charge in [0.25, 0.3) is 0 Å². The number of esters is 1. The van der Waals surface area contributed by atoms with Crippen LogP contribution in [0.2, 0.25) is 0 Å². The van der Waals surface area contributed by atoms with Gasteiger partial charge >= 0.3 is 5.97 Å². The molecule has 0 radical (unpaired) electrons. The highest BCUT2D eigenvalue weighted by Gasteiger charge is 2.18. The highest BCUT2D eigenvalue weighted by Crippen LogP contribution is 2.25. The number of hydrogen-bond acceptors (Lipinski definition) is 5. The molecule has 0 aliphatic carbocycles. The number of fused-ring (bicyclic) bond motifs is 1. The van der Waals surface area contributed by atoms with E-state index in [4.69, 9.17) is 9.47 Å². The summed E-state index contributed by atoms with van der Waals surface area (Å²) in [5, 5.41) is 0.795. The molecule has 0 aliphatic heterocycles. The number of H-pyrrole nitrogens is 1. The fraction of sp³-hybridized carbons (Fsp3) is 0.0455. The lowest BCUT2D eigenvalue weighted by atomic mass is 10.1. The Morgan fingerprint density at radius 2 is 1.75 bits per heavy atom. The molecular weight excluding hydrogens is 356 g/mol. The van der Waals surface area contributed by atoms with Gasteiger partial charge < -0.3 is 14.5 Å². The number of nitrogens with one attached hydrogen (secondary N) is 1. The van der Waals surface area contributed by atoms with Gasteiger partial charge in [-0.25, -0.2) is 4.79 Å². The molecule has 0 saturated carbocycles. The quantitative estimate of drug-likeness (QED) is 0.401. The van der Waals surface area contributed by atoms with Crippen molar-refractivity contribution in [3.63, 3.8) is 0 Å². The average Bonchev–Trinajstić information content (AvgIpc) is 3.17. The number of Topliss-reactive ketones (excluding diaryl/α,β-unsaturated/α-hetero) is 1. The third-order valence-electron chi connectivity index (χ3n) is 4.19. The number of carbonyl (C=O) groups excluding carboxylic acids is 2. The fourth-order valence-corrected chi connectivity index (χ4v) is 2.85. The molecule has 0 aliphatic rings. The first-order valence-corrected chi connectivity index (χ1v) is 8.66. The van der Waals surface area contributed by atoms with Crippen LogP contribution in [0.25, 0.3) is 10.9 Å². The number of carbonyl (C=O) groups is 2. The van der Waals surface area contributed by atoms with E-state index in [0.717, 1.165) is 10.9 Å². The number of ketones is 1. The SMILES string of the molecule is O=C(OCC(=O)c1c[nH]c2ccccc12)c1ccccc1Oc1cccnc1. The summed E-state index contributed by atoms with van der Waals surface area (Å²) in [5.41, 5.74) is 1.58. The Labute approximate surface area is 160 Å². The average molecular weight is 372 g/mol. The Kier molecular flexibility index (Phi) is 4.84. The second-order valence-electron chi connectivity index (χ2n) is 6.03. The number of aromatic amines is 1. The molecule has 2 aromatic heterocycles. The van der Waals surface area contributed by atoms with Gasteiger partial charge in [0.15, 0.2) is 6.61 Å². The van der Waals surface area contributed by atoms with Crippen LogP contribution in [-0.2, 0) is 4.74 Å². The van der Waals surface area contributed by atoms with Crippen molar-refractivity contribution in [1.82, 2.24) is 9.97 Å². The van der Waals surface area contributed by atoms with E-state index in [2.05, 4.69) is 9.97 Å². The maximum absolute atomic E-state index is 12.5. The largest absolute Gasteiger partial charge is 0.455 e. The Morgan fingerprint density at radius 3 is 2.61 bits per heavy atom. The smallest absolute Gasteiger partial charge is 0.342 e. The van der Waals surface area contributed by atoms with Crippen LogP contribution in [0, 0.1) is 0 Å². The lowest BCUT2D eigenvalue weighted by Gasteiger charge is -2.10. The molecule has 138 valence electrons. The lowest BCUT2D eigenvalue weighted by molar-refractivity contribution is 0.0472. The summed E-state index contributed by atoms with van der Waals surface area (Å²) < 4.78 is 11.0. The van der Waals surface area contributed by atoms with Crippen LogP contribution in [0.3, 0.4) is 0 Å². The third kappa shape index (κ3) is 3.61. The van der Waals surface area contributed by atoms with Gasteiger partial charge in [0, 0.05) is 28.9 Å². The third-order valence-corrected chi connectivity index (χ3v) is 4.19. The van der Waals surface area contributed by atoms with E-state index in [1.54, 1.807) is 55.0 Å². The molecule has 28 heavy (non-hydrogen) atoms. The molecule has 0 atom stereocenters. The Bertz CT molecular complexity index is 1140. The van der Waals surface area contributed by atoms with Gasteiger partial charge in [-0.15, -0.1) is 0 Å². The van der Waals surface area contributed by atoms with Gasteiger partial charge in [-0.05, 0) is 30.3 Å². The van der Waals surface area contributed by atoms with E-state index in [1.165, 1.54) is 0 Å². The summed E-state index contributed by atoms with van der Waals surface area (Å²) in [4.78, 5) is 32.0. The van der Waals surface area contributed by atoms with Crippen molar-refractivity contribution in [2.75, 3.05) is 6.61 Å². The van der Waals surface area contributed by atoms with E-state index < -0.39 is 5.97 Å². The summed E-state index contributed by atoms with van der Waals surface area (Å²) in [7, 11) is 0. The van der Waals surface area contributed by atoms with Crippen LogP contribution >= 0.6 is 0 Å². The first-order valence-electron chi connectivity index (χ1n) is 8.66. The number of benzene rings is 2. The van der Waals surface area contributed by atoms with Gasteiger partial charge in [-0.1, -0.05) is 30.3 Å². The highest BCUT2D eigenvalue weighted by atomic mass is 16.5. The number of hydrogen-bond donors (Lipinski definition) is 1. The van der Waals surface area contributed by atoms with Gasteiger partial charge in [0.2, 0.25) is 5.78 Å². The van der Waals surface area contributed by atoms with Crippen molar-refractivity contribution in [2.24, 2.45) is 0 Å². The van der Waals surface area contributed by atoms with Crippen LogP contribution in [0.5, 0.6) is 11.5 Å².